The van der Waals surface area contributed by atoms with Crippen LogP contribution in [0.5, 0.6) is 0 Å². The highest BCUT2D eigenvalue weighted by molar-refractivity contribution is 8.13. The molecule has 3 aromatic carbocycles. The molecule has 3 rings (SSSR count). The zero-order valence-electron chi connectivity index (χ0n) is 18.4. The van der Waals surface area contributed by atoms with Crippen molar-refractivity contribution < 1.29 is 19.1 Å². The summed E-state index contributed by atoms with van der Waals surface area (Å²) in [6.07, 6.45) is -0.473. The molecule has 0 heterocycles. The first-order chi connectivity index (χ1) is 16.5. The van der Waals surface area contributed by atoms with Gasteiger partial charge in [-0.2, -0.15) is 12.6 Å². The molecule has 2 atom stereocenters. The molecule has 0 spiro atoms. The lowest BCUT2D eigenvalue weighted by molar-refractivity contribution is -0.126. The van der Waals surface area contributed by atoms with Crippen LogP contribution in [0, 0.1) is 0 Å². The van der Waals surface area contributed by atoms with Crippen molar-refractivity contribution >= 4 is 41.5 Å². The Morgan fingerprint density at radius 1 is 0.765 bits per heavy atom. The molecule has 0 aliphatic carbocycles. The van der Waals surface area contributed by atoms with Crippen molar-refractivity contribution in [2.24, 2.45) is 0 Å². The number of amides is 2. The third-order valence-corrected chi connectivity index (χ3v) is 6.21. The van der Waals surface area contributed by atoms with Crippen LogP contribution in [0.3, 0.4) is 0 Å². The lowest BCUT2D eigenvalue weighted by Crippen LogP contribution is -2.52. The van der Waals surface area contributed by atoms with Gasteiger partial charge in [0.2, 0.25) is 11.0 Å². The van der Waals surface area contributed by atoms with Crippen LogP contribution in [0.25, 0.3) is 0 Å². The lowest BCUT2D eigenvalue weighted by Gasteiger charge is -2.22. The van der Waals surface area contributed by atoms with Crippen molar-refractivity contribution in [3.8, 4) is 0 Å². The van der Waals surface area contributed by atoms with Gasteiger partial charge in [-0.1, -0.05) is 78.9 Å². The number of ether oxygens (including phenoxy) is 1. The summed E-state index contributed by atoms with van der Waals surface area (Å²) in [5.41, 5.74) is 1.69. The maximum atomic E-state index is 13.1. The van der Waals surface area contributed by atoms with Gasteiger partial charge in [-0.15, -0.1) is 0 Å². The van der Waals surface area contributed by atoms with Gasteiger partial charge in [-0.3, -0.25) is 9.59 Å². The molecular weight excluding hydrogens is 468 g/mol. The third kappa shape index (κ3) is 8.28. The van der Waals surface area contributed by atoms with Gasteiger partial charge >= 0.3 is 6.09 Å². The predicted octanol–water partition coefficient (Wildman–Crippen LogP) is 4.26. The summed E-state index contributed by atoms with van der Waals surface area (Å²) in [6, 6.07) is 26.0. The van der Waals surface area contributed by atoms with E-state index in [9.17, 15) is 14.4 Å². The van der Waals surface area contributed by atoms with E-state index in [1.165, 1.54) is 0 Å². The molecule has 3 aromatic rings. The average molecular weight is 495 g/mol. The fourth-order valence-corrected chi connectivity index (χ4v) is 4.28. The second-order valence-corrected chi connectivity index (χ2v) is 8.87. The van der Waals surface area contributed by atoms with Crippen LogP contribution in [0.2, 0.25) is 0 Å². The Morgan fingerprint density at radius 2 is 1.32 bits per heavy atom. The summed E-state index contributed by atoms with van der Waals surface area (Å²) in [4.78, 5) is 39.1. The highest BCUT2D eigenvalue weighted by Crippen LogP contribution is 2.20. The first-order valence-electron chi connectivity index (χ1n) is 10.7. The summed E-state index contributed by atoms with van der Waals surface area (Å²) >= 11 is 5.29. The van der Waals surface area contributed by atoms with Crippen molar-refractivity contribution in [1.29, 1.82) is 0 Å². The molecule has 2 N–H and O–H groups in total. The standard InChI is InChI=1S/C26H26N2O4S2/c29-24(27-23(18-33)25(30)34-21-14-8-3-9-15-21)22(16-19-10-4-1-5-11-19)28-26(31)32-17-20-12-6-2-7-13-20/h1-15,22-23,33H,16-18H2,(H,27,29)(H,28,31)/t22-,23-/m0/s1. The van der Waals surface area contributed by atoms with Crippen LogP contribution in [0.1, 0.15) is 11.1 Å². The second kappa shape index (κ2) is 13.5. The minimum atomic E-state index is -0.928. The second-order valence-electron chi connectivity index (χ2n) is 7.43. The van der Waals surface area contributed by atoms with Gasteiger partial charge in [0.1, 0.15) is 18.7 Å². The highest BCUT2D eigenvalue weighted by atomic mass is 32.2. The zero-order chi connectivity index (χ0) is 24.2. The van der Waals surface area contributed by atoms with Gasteiger partial charge in [0.05, 0.1) is 0 Å². The number of alkyl carbamates (subject to hydrolysis) is 1. The molecule has 6 nitrogen and oxygen atoms in total. The molecule has 0 aliphatic rings. The number of benzene rings is 3. The predicted molar refractivity (Wildman–Crippen MR) is 137 cm³/mol. The Hall–Kier alpha value is -3.23. The molecule has 0 aromatic heterocycles. The fraction of sp³-hybridized carbons (Fsp3) is 0.192. The van der Waals surface area contributed by atoms with Crippen LogP contribution in [-0.4, -0.2) is 35.0 Å². The van der Waals surface area contributed by atoms with Crippen LogP contribution in [0.4, 0.5) is 4.79 Å². The molecule has 0 bridgehead atoms. The third-order valence-electron chi connectivity index (χ3n) is 4.85. The number of hydrogen-bond acceptors (Lipinski definition) is 6. The summed E-state index contributed by atoms with van der Waals surface area (Å²) in [5, 5.41) is 5.13. The molecule has 2 amide bonds. The van der Waals surface area contributed by atoms with Gasteiger partial charge < -0.3 is 15.4 Å². The average Bonchev–Trinajstić information content (AvgIpc) is 2.87. The van der Waals surface area contributed by atoms with Gasteiger partial charge in [0.15, 0.2) is 0 Å². The maximum Gasteiger partial charge on any atom is 0.408 e. The van der Waals surface area contributed by atoms with E-state index < -0.39 is 24.1 Å². The topological polar surface area (TPSA) is 84.5 Å². The quantitative estimate of drug-likeness (QED) is 0.290. The van der Waals surface area contributed by atoms with Crippen molar-refractivity contribution in [3.63, 3.8) is 0 Å². The molecule has 34 heavy (non-hydrogen) atoms. The smallest absolute Gasteiger partial charge is 0.408 e. The number of nitrogens with one attached hydrogen (secondary N) is 2. The molecule has 8 heteroatoms. The van der Waals surface area contributed by atoms with E-state index in [-0.39, 0.29) is 23.9 Å². The van der Waals surface area contributed by atoms with Crippen LogP contribution in [0.15, 0.2) is 95.9 Å². The van der Waals surface area contributed by atoms with Crippen LogP contribution in [-0.2, 0) is 27.4 Å². The van der Waals surface area contributed by atoms with E-state index in [0.29, 0.717) is 0 Å². The van der Waals surface area contributed by atoms with Gasteiger partial charge in [0.25, 0.3) is 0 Å². The van der Waals surface area contributed by atoms with Gasteiger partial charge in [-0.25, -0.2) is 4.79 Å². The van der Waals surface area contributed by atoms with E-state index in [4.69, 9.17) is 4.74 Å². The number of thioether (sulfide) groups is 1. The SMILES string of the molecule is O=C(N[C@@H](Cc1ccccc1)C(=O)N[C@@H](CS)C(=O)Sc1ccccc1)OCc1ccccc1. The highest BCUT2D eigenvalue weighted by Gasteiger charge is 2.27. The summed E-state index contributed by atoms with van der Waals surface area (Å²) in [6.45, 7) is 0.0812. The molecule has 0 aliphatic heterocycles. The number of carbonyl (C=O) groups excluding carboxylic acids is 3. The minimum Gasteiger partial charge on any atom is -0.445 e. The Labute approximate surface area is 208 Å². The summed E-state index contributed by atoms with van der Waals surface area (Å²) in [7, 11) is 0. The number of rotatable bonds is 10. The van der Waals surface area contributed by atoms with Gasteiger partial charge in [0, 0.05) is 17.1 Å². The Morgan fingerprint density at radius 3 is 1.91 bits per heavy atom. The molecule has 0 saturated carbocycles. The summed E-state index contributed by atoms with van der Waals surface area (Å²) < 4.78 is 5.29. The van der Waals surface area contributed by atoms with E-state index in [1.807, 2.05) is 91.0 Å². The van der Waals surface area contributed by atoms with E-state index in [2.05, 4.69) is 23.3 Å². The first kappa shape index (κ1) is 25.4. The molecule has 0 radical (unpaired) electrons. The maximum absolute atomic E-state index is 13.1. The van der Waals surface area contributed by atoms with Crippen LogP contribution >= 0.6 is 24.4 Å². The Bertz CT molecular complexity index is 1070. The molecular formula is C26H26N2O4S2. The molecule has 176 valence electrons. The van der Waals surface area contributed by atoms with Crippen molar-refractivity contribution in [3.05, 3.63) is 102 Å². The fourth-order valence-electron chi connectivity index (χ4n) is 3.09. The molecule has 0 saturated heterocycles. The number of hydrogen-bond donors (Lipinski definition) is 3. The van der Waals surface area contributed by atoms with Crippen molar-refractivity contribution in [2.45, 2.75) is 30.0 Å². The molecule has 0 unspecified atom stereocenters. The Balaban J connectivity index is 1.65. The van der Waals surface area contributed by atoms with E-state index in [0.717, 1.165) is 27.8 Å². The number of carbonyl (C=O) groups is 3. The first-order valence-corrected chi connectivity index (χ1v) is 12.2. The number of thiol groups is 1. The van der Waals surface area contributed by atoms with Crippen molar-refractivity contribution in [1.82, 2.24) is 10.6 Å². The monoisotopic (exact) mass is 494 g/mol. The lowest BCUT2D eigenvalue weighted by atomic mass is 10.1. The normalized spacial score (nSPS) is 12.3. The Kier molecular flexibility index (Phi) is 10.1. The zero-order valence-corrected chi connectivity index (χ0v) is 20.1. The minimum absolute atomic E-state index is 0.0812. The van der Waals surface area contributed by atoms with Gasteiger partial charge in [-0.05, 0) is 35.0 Å². The van der Waals surface area contributed by atoms with E-state index >= 15 is 0 Å². The largest absolute Gasteiger partial charge is 0.445 e. The molecule has 0 fully saturated rings. The van der Waals surface area contributed by atoms with Crippen molar-refractivity contribution in [2.75, 3.05) is 5.75 Å². The van der Waals surface area contributed by atoms with E-state index in [1.54, 1.807) is 0 Å². The van der Waals surface area contributed by atoms with Crippen LogP contribution < -0.4 is 10.6 Å². The summed E-state index contributed by atoms with van der Waals surface area (Å²) in [5.74, 6) is -0.359.